The van der Waals surface area contributed by atoms with Crippen molar-refractivity contribution in [3.05, 3.63) is 59.7 Å². The Balaban J connectivity index is 1.51. The maximum Gasteiger partial charge on any atom is 0.326 e. The van der Waals surface area contributed by atoms with Crippen LogP contribution in [0.25, 0.3) is 0 Å². The van der Waals surface area contributed by atoms with Crippen molar-refractivity contribution in [3.8, 4) is 11.5 Å². The highest BCUT2D eigenvalue weighted by Crippen LogP contribution is 2.32. The van der Waals surface area contributed by atoms with Crippen molar-refractivity contribution in [2.45, 2.75) is 13.0 Å². The monoisotopic (exact) mass is 327 g/mol. The Kier molecular flexibility index (Phi) is 4.65. The lowest BCUT2D eigenvalue weighted by Gasteiger charge is -2.14. The number of carbonyl (C=O) groups is 2. The Morgan fingerprint density at radius 1 is 1.12 bits per heavy atom. The van der Waals surface area contributed by atoms with E-state index in [0.29, 0.717) is 17.1 Å². The molecule has 0 aliphatic carbocycles. The van der Waals surface area contributed by atoms with Crippen LogP contribution < -0.4 is 14.8 Å². The molecule has 0 spiro atoms. The Morgan fingerprint density at radius 3 is 2.67 bits per heavy atom. The number of carbonyl (C=O) groups excluding carboxylic acids is 2. The molecule has 0 saturated heterocycles. The second-order valence-electron chi connectivity index (χ2n) is 5.29. The molecule has 1 aliphatic rings. The first-order valence-electron chi connectivity index (χ1n) is 7.56. The predicted octanol–water partition coefficient (Wildman–Crippen LogP) is 2.45. The lowest BCUT2D eigenvalue weighted by atomic mass is 10.1. The summed E-state index contributed by atoms with van der Waals surface area (Å²) in [6, 6.07) is 14.3. The number of hydrogen-bond donors (Lipinski definition) is 1. The van der Waals surface area contributed by atoms with Crippen molar-refractivity contribution in [2.24, 2.45) is 0 Å². The predicted molar refractivity (Wildman–Crippen MR) is 85.8 cm³/mol. The van der Waals surface area contributed by atoms with Gasteiger partial charge in [-0.1, -0.05) is 30.3 Å². The third kappa shape index (κ3) is 3.65. The molecular weight excluding hydrogens is 310 g/mol. The second kappa shape index (κ2) is 7.04. The zero-order valence-corrected chi connectivity index (χ0v) is 13.2. The number of esters is 1. The summed E-state index contributed by atoms with van der Waals surface area (Å²) in [7, 11) is 0. The van der Waals surface area contributed by atoms with Gasteiger partial charge in [-0.15, -0.1) is 0 Å². The van der Waals surface area contributed by atoms with Crippen LogP contribution in [0.4, 0.5) is 0 Å². The molecule has 0 fully saturated rings. The van der Waals surface area contributed by atoms with Gasteiger partial charge in [0.1, 0.15) is 12.6 Å². The fourth-order valence-corrected chi connectivity index (χ4v) is 2.32. The molecule has 124 valence electrons. The molecule has 0 bridgehead atoms. The van der Waals surface area contributed by atoms with Crippen molar-refractivity contribution in [1.29, 1.82) is 0 Å². The van der Waals surface area contributed by atoms with E-state index in [1.807, 2.05) is 30.3 Å². The summed E-state index contributed by atoms with van der Waals surface area (Å²) in [6.07, 6.45) is -0.374. The van der Waals surface area contributed by atoms with Gasteiger partial charge in [-0.05, 0) is 30.7 Å². The summed E-state index contributed by atoms with van der Waals surface area (Å²) in [5, 5.41) is 2.54. The van der Waals surface area contributed by atoms with Crippen LogP contribution in [0, 0.1) is 0 Å². The second-order valence-corrected chi connectivity index (χ2v) is 5.29. The fourth-order valence-electron chi connectivity index (χ4n) is 2.32. The first-order valence-corrected chi connectivity index (χ1v) is 7.56. The van der Waals surface area contributed by atoms with Crippen molar-refractivity contribution in [1.82, 2.24) is 5.32 Å². The lowest BCUT2D eigenvalue weighted by molar-refractivity contribution is -0.147. The van der Waals surface area contributed by atoms with E-state index in [1.54, 1.807) is 25.1 Å². The number of fused-ring (bicyclic) bond motifs is 1. The minimum Gasteiger partial charge on any atom is -0.456 e. The largest absolute Gasteiger partial charge is 0.456 e. The molecule has 6 nitrogen and oxygen atoms in total. The van der Waals surface area contributed by atoms with Gasteiger partial charge in [-0.3, -0.25) is 9.59 Å². The maximum absolute atomic E-state index is 12.1. The van der Waals surface area contributed by atoms with Crippen LogP contribution in [0.1, 0.15) is 28.9 Å². The number of amides is 1. The molecule has 2 aromatic rings. The average Bonchev–Trinajstić information content (AvgIpc) is 3.08. The molecule has 1 N–H and O–H groups in total. The van der Waals surface area contributed by atoms with Crippen molar-refractivity contribution in [2.75, 3.05) is 13.3 Å². The molecule has 24 heavy (non-hydrogen) atoms. The molecule has 2 aromatic carbocycles. The summed E-state index contributed by atoms with van der Waals surface area (Å²) in [5.74, 6) is 0.239. The minimum absolute atomic E-state index is 0.143. The van der Waals surface area contributed by atoms with Gasteiger partial charge < -0.3 is 19.5 Å². The molecule has 1 atom stereocenters. The Hall–Kier alpha value is -3.02. The van der Waals surface area contributed by atoms with Crippen molar-refractivity contribution < 1.29 is 23.8 Å². The van der Waals surface area contributed by atoms with Crippen LogP contribution in [0.15, 0.2) is 48.5 Å². The van der Waals surface area contributed by atoms with Crippen LogP contribution in [0.3, 0.4) is 0 Å². The van der Waals surface area contributed by atoms with E-state index >= 15 is 0 Å². The summed E-state index contributed by atoms with van der Waals surface area (Å²) >= 11 is 0. The molecule has 0 radical (unpaired) electrons. The average molecular weight is 327 g/mol. The summed E-state index contributed by atoms with van der Waals surface area (Å²) in [6.45, 7) is 1.72. The highest BCUT2D eigenvalue weighted by atomic mass is 16.7. The Morgan fingerprint density at radius 2 is 1.88 bits per heavy atom. The number of benzene rings is 2. The molecule has 3 rings (SSSR count). The number of nitrogens with one attached hydrogen (secondary N) is 1. The van der Waals surface area contributed by atoms with Gasteiger partial charge in [0.2, 0.25) is 6.79 Å². The molecule has 1 heterocycles. The quantitative estimate of drug-likeness (QED) is 0.854. The SMILES string of the molecule is C[C@@H](OC(=O)CNC(=O)c1ccc2c(c1)OCO2)c1ccccc1. The van der Waals surface area contributed by atoms with E-state index in [4.69, 9.17) is 14.2 Å². The maximum atomic E-state index is 12.1. The molecule has 1 aliphatic heterocycles. The topological polar surface area (TPSA) is 73.9 Å². The van der Waals surface area contributed by atoms with Gasteiger partial charge in [-0.25, -0.2) is 0 Å². The first kappa shape index (κ1) is 15.9. The summed E-state index contributed by atoms with van der Waals surface area (Å²) in [4.78, 5) is 24.0. The van der Waals surface area contributed by atoms with E-state index in [1.165, 1.54) is 0 Å². The number of ether oxygens (including phenoxy) is 3. The van der Waals surface area contributed by atoms with Crippen LogP contribution in [-0.2, 0) is 9.53 Å². The molecule has 1 amide bonds. The number of hydrogen-bond acceptors (Lipinski definition) is 5. The van der Waals surface area contributed by atoms with E-state index < -0.39 is 5.97 Å². The molecule has 6 heteroatoms. The fraction of sp³-hybridized carbons (Fsp3) is 0.222. The van der Waals surface area contributed by atoms with Gasteiger partial charge in [-0.2, -0.15) is 0 Å². The zero-order chi connectivity index (χ0) is 16.9. The van der Waals surface area contributed by atoms with E-state index in [0.717, 1.165) is 5.56 Å². The van der Waals surface area contributed by atoms with Gasteiger partial charge >= 0.3 is 5.97 Å². The minimum atomic E-state index is -0.500. The van der Waals surface area contributed by atoms with Crippen molar-refractivity contribution >= 4 is 11.9 Å². The first-order chi connectivity index (χ1) is 11.6. The van der Waals surface area contributed by atoms with Gasteiger partial charge in [0.15, 0.2) is 11.5 Å². The normalized spacial score (nSPS) is 13.2. The summed E-state index contributed by atoms with van der Waals surface area (Å²) in [5.41, 5.74) is 1.29. The van der Waals surface area contributed by atoms with Crippen LogP contribution in [0.2, 0.25) is 0 Å². The molecule has 0 unspecified atom stereocenters. The standard InChI is InChI=1S/C18H17NO5/c1-12(13-5-3-2-4-6-13)24-17(20)10-19-18(21)14-7-8-15-16(9-14)23-11-22-15/h2-9,12H,10-11H2,1H3,(H,19,21)/t12-/m1/s1. The number of rotatable bonds is 5. The van der Waals surface area contributed by atoms with E-state index in [-0.39, 0.29) is 25.3 Å². The zero-order valence-electron chi connectivity index (χ0n) is 13.2. The van der Waals surface area contributed by atoms with Crippen LogP contribution in [0.5, 0.6) is 11.5 Å². The van der Waals surface area contributed by atoms with Gasteiger partial charge in [0.05, 0.1) is 0 Å². The van der Waals surface area contributed by atoms with E-state index in [2.05, 4.69) is 5.32 Å². The van der Waals surface area contributed by atoms with Gasteiger partial charge in [0, 0.05) is 5.56 Å². The van der Waals surface area contributed by atoms with Gasteiger partial charge in [0.25, 0.3) is 5.91 Å². The lowest BCUT2D eigenvalue weighted by Crippen LogP contribution is -2.31. The Labute approximate surface area is 139 Å². The van der Waals surface area contributed by atoms with E-state index in [9.17, 15) is 9.59 Å². The Bertz CT molecular complexity index is 744. The van der Waals surface area contributed by atoms with Crippen LogP contribution >= 0.6 is 0 Å². The van der Waals surface area contributed by atoms with Crippen molar-refractivity contribution in [3.63, 3.8) is 0 Å². The molecule has 0 saturated carbocycles. The highest BCUT2D eigenvalue weighted by Gasteiger charge is 2.17. The molecular formula is C18H17NO5. The third-order valence-electron chi connectivity index (χ3n) is 3.61. The molecule has 0 aromatic heterocycles. The summed E-state index contributed by atoms with van der Waals surface area (Å²) < 4.78 is 15.7. The van der Waals surface area contributed by atoms with Crippen LogP contribution in [-0.4, -0.2) is 25.2 Å². The smallest absolute Gasteiger partial charge is 0.326 e. The third-order valence-corrected chi connectivity index (χ3v) is 3.61. The highest BCUT2D eigenvalue weighted by molar-refractivity contribution is 5.96.